The quantitative estimate of drug-likeness (QED) is 0.267. The lowest BCUT2D eigenvalue weighted by molar-refractivity contribution is -0.149. The van der Waals surface area contributed by atoms with E-state index in [1.54, 1.807) is 0 Å². The highest BCUT2D eigenvalue weighted by molar-refractivity contribution is 5.72. The molecule has 0 aliphatic rings. The molecule has 0 aliphatic carbocycles. The lowest BCUT2D eigenvalue weighted by atomic mass is 9.97. The Morgan fingerprint density at radius 2 is 1.79 bits per heavy atom. The first-order valence-electron chi connectivity index (χ1n) is 5.61. The lowest BCUT2D eigenvalue weighted by Gasteiger charge is -2.13. The monoisotopic (exact) mass is 267 g/mol. The minimum absolute atomic E-state index is 0.0162. The van der Waals surface area contributed by atoms with Crippen LogP contribution in [-0.2, 0) is 24.0 Å². The van der Waals surface area contributed by atoms with Gasteiger partial charge in [-0.25, -0.2) is 19.2 Å². The minimum Gasteiger partial charge on any atom is -0.306 e. The Morgan fingerprint density at radius 3 is 2.26 bits per heavy atom. The highest BCUT2D eigenvalue weighted by Gasteiger charge is 2.24. The molecule has 0 aromatic carbocycles. The molecule has 0 spiro atoms. The molecule has 0 aromatic heterocycles. The smallest absolute Gasteiger partial charge is 0.306 e. The van der Waals surface area contributed by atoms with Crippen LogP contribution >= 0.6 is 0 Å². The summed E-state index contributed by atoms with van der Waals surface area (Å²) in [4.78, 5) is 52.6. The lowest BCUT2D eigenvalue weighted by Crippen LogP contribution is -2.20. The summed E-state index contributed by atoms with van der Waals surface area (Å²) in [6, 6.07) is 0. The van der Waals surface area contributed by atoms with Gasteiger partial charge in [0.05, 0.1) is 5.92 Å². The van der Waals surface area contributed by atoms with Crippen LogP contribution in [0.4, 0.5) is 0 Å². The summed E-state index contributed by atoms with van der Waals surface area (Å²) in [6.07, 6.45) is 4.52. The Hall–Kier alpha value is -2.39. The van der Waals surface area contributed by atoms with Crippen molar-refractivity contribution in [3.8, 4) is 0 Å². The first-order valence-corrected chi connectivity index (χ1v) is 5.61. The zero-order valence-electron chi connectivity index (χ0n) is 10.4. The summed E-state index contributed by atoms with van der Waals surface area (Å²) in [5.41, 5.74) is 0. The van der Waals surface area contributed by atoms with Crippen LogP contribution < -0.4 is 0 Å². The van der Waals surface area contributed by atoms with Gasteiger partial charge in [-0.05, 0) is 6.42 Å². The van der Waals surface area contributed by atoms with Crippen molar-refractivity contribution in [2.45, 2.75) is 38.8 Å². The molecule has 0 aromatic rings. The molecule has 0 fully saturated rings. The fraction of sp³-hybridized carbons (Fsp3) is 0.636. The van der Waals surface area contributed by atoms with Crippen molar-refractivity contribution >= 4 is 24.2 Å². The molecular weight excluding hydrogens is 254 g/mol. The van der Waals surface area contributed by atoms with Crippen LogP contribution in [0, 0.1) is 5.92 Å². The highest BCUT2D eigenvalue weighted by Crippen LogP contribution is 2.19. The molecule has 0 saturated heterocycles. The van der Waals surface area contributed by atoms with Gasteiger partial charge >= 0.3 is 5.97 Å². The summed E-state index contributed by atoms with van der Waals surface area (Å²) in [7, 11) is 0. The SMILES string of the molecule is CCCCC(CC(N=C=O)N=C=O)C(=O)ON=C=O. The van der Waals surface area contributed by atoms with E-state index in [4.69, 9.17) is 0 Å². The van der Waals surface area contributed by atoms with Gasteiger partial charge in [-0.3, -0.25) is 0 Å². The molecule has 0 aliphatic heterocycles. The van der Waals surface area contributed by atoms with Gasteiger partial charge < -0.3 is 4.84 Å². The Bertz CT molecular complexity index is 414. The van der Waals surface area contributed by atoms with Gasteiger partial charge in [-0.2, -0.15) is 9.98 Å². The molecule has 1 unspecified atom stereocenters. The van der Waals surface area contributed by atoms with E-state index >= 15 is 0 Å². The average molecular weight is 267 g/mol. The molecule has 0 heterocycles. The molecule has 0 radical (unpaired) electrons. The van der Waals surface area contributed by atoms with E-state index in [0.717, 1.165) is 12.5 Å². The third-order valence-electron chi connectivity index (χ3n) is 2.31. The Balaban J connectivity index is 4.80. The highest BCUT2D eigenvalue weighted by atomic mass is 16.7. The zero-order chi connectivity index (χ0) is 14.5. The average Bonchev–Trinajstić information content (AvgIpc) is 2.41. The molecule has 19 heavy (non-hydrogen) atoms. The number of isocyanates is 3. The molecule has 8 heteroatoms. The summed E-state index contributed by atoms with van der Waals surface area (Å²) in [5.74, 6) is -1.44. The van der Waals surface area contributed by atoms with Crippen molar-refractivity contribution in [1.82, 2.24) is 0 Å². The van der Waals surface area contributed by atoms with Gasteiger partial charge in [0, 0.05) is 11.6 Å². The summed E-state index contributed by atoms with van der Waals surface area (Å²) < 4.78 is 0. The number of hydrogen-bond donors (Lipinski definition) is 0. The molecule has 0 bridgehead atoms. The molecule has 0 N–H and O–H groups in total. The third kappa shape index (κ3) is 7.52. The summed E-state index contributed by atoms with van der Waals surface area (Å²) in [6.45, 7) is 1.93. The largest absolute Gasteiger partial charge is 0.339 e. The standard InChI is InChI=1S/C11H13N3O5/c1-2-3-4-9(11(18)19-14-8-17)5-10(12-6-15)13-7-16/h9-10H,2-5H2,1H3. The molecule has 0 amide bonds. The van der Waals surface area contributed by atoms with Crippen LogP contribution in [0.3, 0.4) is 0 Å². The number of unbranched alkanes of at least 4 members (excludes halogenated alkanes) is 1. The van der Waals surface area contributed by atoms with E-state index < -0.39 is 18.1 Å². The number of hydrogen-bond acceptors (Lipinski definition) is 8. The topological polar surface area (TPSA) is 115 Å². The van der Waals surface area contributed by atoms with Gasteiger partial charge in [0.2, 0.25) is 12.2 Å². The molecular formula is C11H13N3O5. The van der Waals surface area contributed by atoms with Crippen LogP contribution in [-0.4, -0.2) is 30.4 Å². The molecule has 0 rings (SSSR count). The molecule has 1 atom stereocenters. The van der Waals surface area contributed by atoms with Crippen molar-refractivity contribution in [3.05, 3.63) is 0 Å². The molecule has 8 nitrogen and oxygen atoms in total. The van der Waals surface area contributed by atoms with E-state index in [1.165, 1.54) is 12.2 Å². The van der Waals surface area contributed by atoms with Crippen LogP contribution in [0.1, 0.15) is 32.6 Å². The van der Waals surface area contributed by atoms with Crippen molar-refractivity contribution in [3.63, 3.8) is 0 Å². The van der Waals surface area contributed by atoms with E-state index in [2.05, 4.69) is 20.0 Å². The van der Waals surface area contributed by atoms with Crippen LogP contribution in [0.2, 0.25) is 0 Å². The number of nitrogens with zero attached hydrogens (tertiary/aromatic N) is 3. The summed E-state index contributed by atoms with van der Waals surface area (Å²) in [5, 5.41) is 2.73. The maximum absolute atomic E-state index is 11.6. The Kier molecular flexibility index (Phi) is 9.39. The van der Waals surface area contributed by atoms with E-state index in [9.17, 15) is 19.2 Å². The van der Waals surface area contributed by atoms with Gasteiger partial charge in [0.15, 0.2) is 6.17 Å². The predicted molar refractivity (Wildman–Crippen MR) is 61.9 cm³/mol. The Morgan fingerprint density at radius 1 is 1.16 bits per heavy atom. The molecule has 0 saturated carbocycles. The maximum atomic E-state index is 11.6. The fourth-order valence-corrected chi connectivity index (χ4v) is 1.43. The van der Waals surface area contributed by atoms with Gasteiger partial charge in [-0.1, -0.05) is 19.8 Å². The first-order chi connectivity index (χ1) is 9.19. The first kappa shape index (κ1) is 16.6. The second kappa shape index (κ2) is 10.7. The van der Waals surface area contributed by atoms with Crippen molar-refractivity contribution < 1.29 is 24.0 Å². The molecule has 102 valence electrons. The number of carbonyl (C=O) groups is 1. The second-order valence-corrected chi connectivity index (χ2v) is 3.59. The van der Waals surface area contributed by atoms with Gasteiger partial charge in [0.1, 0.15) is 0 Å². The maximum Gasteiger partial charge on any atom is 0.339 e. The Labute approximate surface area is 109 Å². The van der Waals surface area contributed by atoms with Crippen molar-refractivity contribution in [2.75, 3.05) is 0 Å². The summed E-state index contributed by atoms with van der Waals surface area (Å²) >= 11 is 0. The van der Waals surface area contributed by atoms with Crippen LogP contribution in [0.25, 0.3) is 0 Å². The van der Waals surface area contributed by atoms with Crippen molar-refractivity contribution in [1.29, 1.82) is 0 Å². The normalized spacial score (nSPS) is 12.1. The van der Waals surface area contributed by atoms with Crippen molar-refractivity contribution in [2.24, 2.45) is 21.1 Å². The zero-order valence-corrected chi connectivity index (χ0v) is 10.4. The predicted octanol–water partition coefficient (Wildman–Crippen LogP) is 0.975. The van der Waals surface area contributed by atoms with Crippen LogP contribution in [0.15, 0.2) is 15.1 Å². The minimum atomic E-state index is -1.04. The van der Waals surface area contributed by atoms with E-state index in [-0.39, 0.29) is 6.42 Å². The van der Waals surface area contributed by atoms with Crippen LogP contribution in [0.5, 0.6) is 0 Å². The van der Waals surface area contributed by atoms with Gasteiger partial charge in [-0.15, -0.1) is 0 Å². The van der Waals surface area contributed by atoms with Gasteiger partial charge in [0.25, 0.3) is 6.08 Å². The van der Waals surface area contributed by atoms with E-state index in [0.29, 0.717) is 12.8 Å². The van der Waals surface area contributed by atoms with E-state index in [1.807, 2.05) is 6.92 Å². The number of carbonyl (C=O) groups excluding carboxylic acids is 4. The second-order valence-electron chi connectivity index (χ2n) is 3.59. The fourth-order valence-electron chi connectivity index (χ4n) is 1.43. The number of rotatable bonds is 9. The number of aliphatic imine (C=N–C) groups is 2. The third-order valence-corrected chi connectivity index (χ3v) is 2.31.